The molecule has 10 heteroatoms. The Labute approximate surface area is 160 Å². The molecule has 3 rings (SSSR count). The van der Waals surface area contributed by atoms with Crippen LogP contribution in [0.5, 0.6) is 5.75 Å². The van der Waals surface area contributed by atoms with Gasteiger partial charge in [0.2, 0.25) is 0 Å². The number of rotatable bonds is 6. The quantitative estimate of drug-likeness (QED) is 0.579. The Morgan fingerprint density at radius 3 is 2.57 bits per heavy atom. The second-order valence-electron chi connectivity index (χ2n) is 6.71. The smallest absolute Gasteiger partial charge is 0.261 e. The molecular formula is C18H17FN4O4S. The molecule has 28 heavy (non-hydrogen) atoms. The molecule has 0 atom stereocenters. The van der Waals surface area contributed by atoms with Gasteiger partial charge in [-0.05, 0) is 50.2 Å². The average Bonchev–Trinajstić information content (AvgIpc) is 3.07. The topological polar surface area (TPSA) is 128 Å². The van der Waals surface area contributed by atoms with Crippen molar-refractivity contribution < 1.29 is 22.7 Å². The summed E-state index contributed by atoms with van der Waals surface area (Å²) in [4.78, 5) is -0.0411. The Balaban J connectivity index is 1.87. The molecule has 0 saturated heterocycles. The van der Waals surface area contributed by atoms with E-state index in [1.54, 1.807) is 19.9 Å². The van der Waals surface area contributed by atoms with Crippen LogP contribution in [0.15, 0.2) is 41.3 Å². The lowest BCUT2D eigenvalue weighted by atomic mass is 10.2. The van der Waals surface area contributed by atoms with Gasteiger partial charge in [0.05, 0.1) is 27.1 Å². The van der Waals surface area contributed by atoms with Crippen LogP contribution in [0, 0.1) is 17.1 Å². The van der Waals surface area contributed by atoms with Gasteiger partial charge in [-0.2, -0.15) is 10.4 Å². The molecule has 1 heterocycles. The molecule has 0 bridgehead atoms. The summed E-state index contributed by atoms with van der Waals surface area (Å²) < 4.78 is 47.0. The molecule has 2 aromatic carbocycles. The van der Waals surface area contributed by atoms with Crippen molar-refractivity contribution in [1.29, 1.82) is 5.26 Å². The van der Waals surface area contributed by atoms with E-state index in [2.05, 4.69) is 14.9 Å². The van der Waals surface area contributed by atoms with Crippen LogP contribution in [-0.4, -0.2) is 35.9 Å². The fourth-order valence-corrected chi connectivity index (χ4v) is 3.51. The number of nitrogens with zero attached hydrogens (tertiary/aromatic N) is 2. The summed E-state index contributed by atoms with van der Waals surface area (Å²) in [6.45, 7) is 3.23. The first kappa shape index (κ1) is 19.6. The van der Waals surface area contributed by atoms with Crippen molar-refractivity contribution in [2.45, 2.75) is 24.3 Å². The van der Waals surface area contributed by atoms with Crippen molar-refractivity contribution >= 4 is 26.6 Å². The van der Waals surface area contributed by atoms with Crippen LogP contribution in [0.2, 0.25) is 0 Å². The van der Waals surface area contributed by atoms with E-state index in [0.717, 1.165) is 6.07 Å². The van der Waals surface area contributed by atoms with Crippen molar-refractivity contribution in [3.8, 4) is 11.8 Å². The molecule has 146 valence electrons. The number of ether oxygens (including phenoxy) is 1. The Bertz CT molecular complexity index is 1160. The third-order valence-corrected chi connectivity index (χ3v) is 5.13. The van der Waals surface area contributed by atoms with E-state index in [9.17, 15) is 17.9 Å². The largest absolute Gasteiger partial charge is 0.491 e. The van der Waals surface area contributed by atoms with Crippen LogP contribution in [0.25, 0.3) is 10.9 Å². The number of nitriles is 1. The van der Waals surface area contributed by atoms with Crippen LogP contribution in [0.3, 0.4) is 0 Å². The number of H-pyrrole nitrogens is 1. The lowest BCUT2D eigenvalue weighted by molar-refractivity contribution is 0.0284. The Morgan fingerprint density at radius 1 is 1.29 bits per heavy atom. The Morgan fingerprint density at radius 2 is 1.96 bits per heavy atom. The molecule has 0 spiro atoms. The summed E-state index contributed by atoms with van der Waals surface area (Å²) >= 11 is 0. The summed E-state index contributed by atoms with van der Waals surface area (Å²) in [6.07, 6.45) is 0. The Kier molecular flexibility index (Phi) is 4.97. The second kappa shape index (κ2) is 7.10. The predicted molar refractivity (Wildman–Crippen MR) is 99.8 cm³/mol. The maximum atomic E-state index is 14.0. The number of anilines is 1. The molecule has 0 aliphatic heterocycles. The van der Waals surface area contributed by atoms with Gasteiger partial charge in [0.25, 0.3) is 10.0 Å². The van der Waals surface area contributed by atoms with Crippen molar-refractivity contribution in [2.75, 3.05) is 11.3 Å². The van der Waals surface area contributed by atoms with Gasteiger partial charge in [0, 0.05) is 0 Å². The highest BCUT2D eigenvalue weighted by Gasteiger charge is 2.20. The number of fused-ring (bicyclic) bond motifs is 1. The molecule has 1 aromatic heterocycles. The number of aromatic amines is 1. The van der Waals surface area contributed by atoms with Gasteiger partial charge >= 0.3 is 0 Å². The summed E-state index contributed by atoms with van der Waals surface area (Å²) in [6, 6.07) is 9.67. The molecule has 0 saturated carbocycles. The van der Waals surface area contributed by atoms with Crippen molar-refractivity contribution in [2.24, 2.45) is 0 Å². The van der Waals surface area contributed by atoms with Gasteiger partial charge in [-0.3, -0.25) is 9.82 Å². The molecule has 0 aliphatic carbocycles. The van der Waals surface area contributed by atoms with Crippen LogP contribution < -0.4 is 9.46 Å². The fourth-order valence-electron chi connectivity index (χ4n) is 2.44. The number of halogens is 1. The number of nitrogens with one attached hydrogen (secondary N) is 2. The van der Waals surface area contributed by atoms with Crippen molar-refractivity contribution in [3.63, 3.8) is 0 Å². The van der Waals surface area contributed by atoms with Gasteiger partial charge in [-0.25, -0.2) is 12.8 Å². The van der Waals surface area contributed by atoms with E-state index in [1.165, 1.54) is 30.3 Å². The molecule has 0 radical (unpaired) electrons. The minimum absolute atomic E-state index is 0.0411. The summed E-state index contributed by atoms with van der Waals surface area (Å²) in [7, 11) is -3.98. The molecule has 8 nitrogen and oxygen atoms in total. The highest BCUT2D eigenvalue weighted by molar-refractivity contribution is 7.92. The third-order valence-electron chi connectivity index (χ3n) is 3.75. The van der Waals surface area contributed by atoms with E-state index < -0.39 is 21.4 Å². The summed E-state index contributed by atoms with van der Waals surface area (Å²) in [5.74, 6) is -0.283. The summed E-state index contributed by atoms with van der Waals surface area (Å²) in [5.41, 5.74) is -1.05. The molecule has 0 fully saturated rings. The lowest BCUT2D eigenvalue weighted by Crippen LogP contribution is -2.27. The normalized spacial score (nSPS) is 12.0. The third kappa shape index (κ3) is 4.05. The number of hydrogen-bond donors (Lipinski definition) is 3. The lowest BCUT2D eigenvalue weighted by Gasteiger charge is -2.17. The van der Waals surface area contributed by atoms with E-state index in [-0.39, 0.29) is 33.8 Å². The summed E-state index contributed by atoms with van der Waals surface area (Å²) in [5, 5.41) is 24.8. The van der Waals surface area contributed by atoms with E-state index >= 15 is 0 Å². The number of sulfonamides is 1. The zero-order valence-electron chi connectivity index (χ0n) is 15.0. The maximum Gasteiger partial charge on any atom is 0.261 e. The first-order valence-corrected chi connectivity index (χ1v) is 9.64. The van der Waals surface area contributed by atoms with Gasteiger partial charge in [-0.15, -0.1) is 0 Å². The number of aromatic nitrogens is 2. The highest BCUT2D eigenvalue weighted by atomic mass is 32.2. The van der Waals surface area contributed by atoms with E-state index in [4.69, 9.17) is 10.00 Å². The van der Waals surface area contributed by atoms with E-state index in [0.29, 0.717) is 5.75 Å². The predicted octanol–water partition coefficient (Wildman–Crippen LogP) is 2.52. The monoisotopic (exact) mass is 404 g/mol. The van der Waals surface area contributed by atoms with Gasteiger partial charge < -0.3 is 9.84 Å². The highest BCUT2D eigenvalue weighted by Crippen LogP contribution is 2.28. The standard InChI is InChI=1S/C18H17FN4O4S/c1-18(2,24)10-27-11-3-5-12(6-4-11)28(25,26)23-14-8-7-13(19)16-15(9-20)21-22-17(14)16/h3-8,23-24H,10H2,1-2H3,(H,21,22). The van der Waals surface area contributed by atoms with Crippen LogP contribution in [0.4, 0.5) is 10.1 Å². The maximum absolute atomic E-state index is 14.0. The molecule has 0 unspecified atom stereocenters. The SMILES string of the molecule is CC(C)(O)COc1ccc(S(=O)(=O)Nc2ccc(F)c3c(C#N)n[nH]c23)cc1. The zero-order chi connectivity index (χ0) is 20.5. The fraction of sp³-hybridized carbons (Fsp3) is 0.222. The minimum Gasteiger partial charge on any atom is -0.491 e. The van der Waals surface area contributed by atoms with Gasteiger partial charge in [0.1, 0.15) is 24.2 Å². The zero-order valence-corrected chi connectivity index (χ0v) is 15.8. The molecule has 3 aromatic rings. The van der Waals surface area contributed by atoms with Crippen LogP contribution in [0.1, 0.15) is 19.5 Å². The first-order chi connectivity index (χ1) is 13.1. The number of benzene rings is 2. The molecular weight excluding hydrogens is 387 g/mol. The Hall–Kier alpha value is -3.16. The van der Waals surface area contributed by atoms with Crippen molar-refractivity contribution in [3.05, 3.63) is 47.9 Å². The second-order valence-corrected chi connectivity index (χ2v) is 8.39. The first-order valence-electron chi connectivity index (χ1n) is 8.15. The van der Waals surface area contributed by atoms with Gasteiger partial charge in [0.15, 0.2) is 5.69 Å². The van der Waals surface area contributed by atoms with Crippen molar-refractivity contribution in [1.82, 2.24) is 10.2 Å². The number of aliphatic hydroxyl groups is 1. The number of hydrogen-bond acceptors (Lipinski definition) is 6. The molecule has 0 amide bonds. The minimum atomic E-state index is -3.98. The van der Waals surface area contributed by atoms with Crippen LogP contribution >= 0.6 is 0 Å². The van der Waals surface area contributed by atoms with E-state index in [1.807, 2.05) is 0 Å². The van der Waals surface area contributed by atoms with Gasteiger partial charge in [-0.1, -0.05) is 0 Å². The molecule has 0 aliphatic rings. The average molecular weight is 404 g/mol. The molecule has 3 N–H and O–H groups in total. The van der Waals surface area contributed by atoms with Crippen LogP contribution in [-0.2, 0) is 10.0 Å².